The minimum absolute atomic E-state index is 0.00176. The van der Waals surface area contributed by atoms with Crippen molar-refractivity contribution in [3.8, 4) is 11.5 Å². The summed E-state index contributed by atoms with van der Waals surface area (Å²) in [5, 5.41) is 7.26. The molecule has 192 valence electrons. The van der Waals surface area contributed by atoms with Gasteiger partial charge in [-0.15, -0.1) is 11.8 Å². The van der Waals surface area contributed by atoms with Gasteiger partial charge in [0.15, 0.2) is 11.5 Å². The molecular formula is C25H23N3O7S2. The Morgan fingerprint density at radius 2 is 1.62 bits per heavy atom. The lowest BCUT2D eigenvalue weighted by molar-refractivity contribution is -0.121. The number of anilines is 2. The van der Waals surface area contributed by atoms with Crippen molar-refractivity contribution in [3.05, 3.63) is 72.3 Å². The van der Waals surface area contributed by atoms with Gasteiger partial charge in [-0.05, 0) is 66.7 Å². The molecule has 4 rings (SSSR count). The van der Waals surface area contributed by atoms with Crippen LogP contribution < -0.4 is 24.8 Å². The quantitative estimate of drug-likeness (QED) is 0.414. The molecular weight excluding hydrogens is 518 g/mol. The van der Waals surface area contributed by atoms with Crippen LogP contribution in [0.2, 0.25) is 0 Å². The molecule has 0 aromatic heterocycles. The third kappa shape index (κ3) is 5.77. The van der Waals surface area contributed by atoms with E-state index in [0.29, 0.717) is 22.7 Å². The molecule has 3 aromatic carbocycles. The van der Waals surface area contributed by atoms with Crippen LogP contribution in [0.25, 0.3) is 0 Å². The number of nitrogens with one attached hydrogen (secondary N) is 1. The van der Waals surface area contributed by atoms with Crippen LogP contribution in [0.4, 0.5) is 11.4 Å². The van der Waals surface area contributed by atoms with E-state index in [2.05, 4.69) is 5.32 Å². The normalized spacial score (nSPS) is 15.5. The monoisotopic (exact) mass is 541 g/mol. The van der Waals surface area contributed by atoms with E-state index >= 15 is 0 Å². The largest absolute Gasteiger partial charge is 0.493 e. The lowest BCUT2D eigenvalue weighted by atomic mass is 10.2. The molecule has 1 heterocycles. The zero-order chi connectivity index (χ0) is 26.7. The molecule has 0 saturated carbocycles. The number of ether oxygens (including phenoxy) is 2. The summed E-state index contributed by atoms with van der Waals surface area (Å²) in [7, 11) is -0.885. The molecule has 0 radical (unpaired) electrons. The molecule has 1 aliphatic heterocycles. The minimum atomic E-state index is -3.88. The van der Waals surface area contributed by atoms with Crippen molar-refractivity contribution in [1.29, 1.82) is 0 Å². The van der Waals surface area contributed by atoms with Gasteiger partial charge >= 0.3 is 0 Å². The van der Waals surface area contributed by atoms with Crippen molar-refractivity contribution in [1.82, 2.24) is 0 Å². The minimum Gasteiger partial charge on any atom is -0.493 e. The molecule has 1 aliphatic rings. The van der Waals surface area contributed by atoms with Crippen LogP contribution in [0.3, 0.4) is 0 Å². The van der Waals surface area contributed by atoms with Gasteiger partial charge in [0, 0.05) is 22.6 Å². The number of carbonyl (C=O) groups excluding carboxylic acids is 3. The standard InChI is InChI=1S/C25H23N3O7S2/c1-34-20-12-3-15(13-21(20)35-2)24(30)27-16-4-8-18(9-5-16)36-22-14-23(29)28(25(22)31)17-6-10-19(11-7-17)37(26,32)33/h3-13,22H,14H2,1-2H3,(H,27,30)(H2,26,32,33). The van der Waals surface area contributed by atoms with Crippen molar-refractivity contribution in [3.63, 3.8) is 0 Å². The Hall–Kier alpha value is -3.87. The smallest absolute Gasteiger partial charge is 0.255 e. The van der Waals surface area contributed by atoms with E-state index in [1.54, 1.807) is 42.5 Å². The van der Waals surface area contributed by atoms with Gasteiger partial charge in [-0.1, -0.05) is 0 Å². The van der Waals surface area contributed by atoms with Crippen LogP contribution in [0, 0.1) is 0 Å². The van der Waals surface area contributed by atoms with Crippen LogP contribution in [0.5, 0.6) is 11.5 Å². The maximum absolute atomic E-state index is 12.9. The number of rotatable bonds is 8. The average Bonchev–Trinajstić information content (AvgIpc) is 3.16. The van der Waals surface area contributed by atoms with Crippen LogP contribution >= 0.6 is 11.8 Å². The van der Waals surface area contributed by atoms with Gasteiger partial charge in [0.05, 0.1) is 30.1 Å². The highest BCUT2D eigenvalue weighted by Gasteiger charge is 2.40. The van der Waals surface area contributed by atoms with E-state index < -0.39 is 21.2 Å². The second-order valence-electron chi connectivity index (χ2n) is 7.97. The van der Waals surface area contributed by atoms with Crippen molar-refractivity contribution < 1.29 is 32.3 Å². The van der Waals surface area contributed by atoms with Gasteiger partial charge < -0.3 is 14.8 Å². The maximum Gasteiger partial charge on any atom is 0.255 e. The van der Waals surface area contributed by atoms with Crippen molar-refractivity contribution in [2.24, 2.45) is 5.14 Å². The maximum atomic E-state index is 12.9. The number of sulfonamides is 1. The molecule has 1 saturated heterocycles. The molecule has 0 aliphatic carbocycles. The number of methoxy groups -OCH3 is 2. The molecule has 12 heteroatoms. The number of imide groups is 1. The first-order chi connectivity index (χ1) is 17.6. The summed E-state index contributed by atoms with van der Waals surface area (Å²) in [6, 6.07) is 17.0. The van der Waals surface area contributed by atoms with Crippen LogP contribution in [0.1, 0.15) is 16.8 Å². The van der Waals surface area contributed by atoms with E-state index in [1.807, 2.05) is 0 Å². The molecule has 0 spiro atoms. The summed E-state index contributed by atoms with van der Waals surface area (Å²) < 4.78 is 33.3. The predicted octanol–water partition coefficient (Wildman–Crippen LogP) is 3.03. The lowest BCUT2D eigenvalue weighted by Crippen LogP contribution is -2.31. The number of hydrogen-bond donors (Lipinski definition) is 2. The Bertz CT molecular complexity index is 1460. The highest BCUT2D eigenvalue weighted by molar-refractivity contribution is 8.00. The van der Waals surface area contributed by atoms with E-state index in [0.717, 1.165) is 9.80 Å². The first kappa shape index (κ1) is 26.2. The van der Waals surface area contributed by atoms with Crippen molar-refractivity contribution in [2.45, 2.75) is 21.5 Å². The van der Waals surface area contributed by atoms with E-state index in [-0.39, 0.29) is 28.8 Å². The molecule has 10 nitrogen and oxygen atoms in total. The fourth-order valence-corrected chi connectivity index (χ4v) is 5.28. The molecule has 3 amide bonds. The number of hydrogen-bond acceptors (Lipinski definition) is 8. The van der Waals surface area contributed by atoms with Crippen LogP contribution in [-0.2, 0) is 19.6 Å². The second-order valence-corrected chi connectivity index (χ2v) is 10.8. The lowest BCUT2D eigenvalue weighted by Gasteiger charge is -2.15. The first-order valence-electron chi connectivity index (χ1n) is 10.9. The molecule has 3 N–H and O–H groups in total. The number of nitrogens with two attached hydrogens (primary N) is 1. The summed E-state index contributed by atoms with van der Waals surface area (Å²) in [5.74, 6) is -0.164. The van der Waals surface area contributed by atoms with Crippen molar-refractivity contribution >= 4 is 50.9 Å². The zero-order valence-electron chi connectivity index (χ0n) is 19.8. The Morgan fingerprint density at radius 1 is 0.973 bits per heavy atom. The van der Waals surface area contributed by atoms with Gasteiger partial charge in [0.1, 0.15) is 0 Å². The number of nitrogens with zero attached hydrogens (tertiary/aromatic N) is 1. The third-order valence-electron chi connectivity index (χ3n) is 5.56. The molecule has 1 fully saturated rings. The number of thioether (sulfide) groups is 1. The zero-order valence-corrected chi connectivity index (χ0v) is 21.5. The summed E-state index contributed by atoms with van der Waals surface area (Å²) in [4.78, 5) is 39.8. The number of carbonyl (C=O) groups is 3. The highest BCUT2D eigenvalue weighted by atomic mass is 32.2. The van der Waals surface area contributed by atoms with Gasteiger partial charge in [-0.2, -0.15) is 0 Å². The van der Waals surface area contributed by atoms with Gasteiger partial charge in [0.2, 0.25) is 21.8 Å². The van der Waals surface area contributed by atoms with Gasteiger partial charge in [-0.3, -0.25) is 14.4 Å². The van der Waals surface area contributed by atoms with Gasteiger partial charge in [0.25, 0.3) is 5.91 Å². The number of benzene rings is 3. The summed E-state index contributed by atoms with van der Waals surface area (Å²) in [6.07, 6.45) is -0.00176. The Morgan fingerprint density at radius 3 is 2.22 bits per heavy atom. The first-order valence-corrected chi connectivity index (χ1v) is 13.3. The third-order valence-corrected chi connectivity index (χ3v) is 7.69. The Balaban J connectivity index is 1.41. The SMILES string of the molecule is COc1ccc(C(=O)Nc2ccc(SC3CC(=O)N(c4ccc(S(N)(=O)=O)cc4)C3=O)cc2)cc1OC. The Kier molecular flexibility index (Phi) is 7.52. The van der Waals surface area contributed by atoms with Gasteiger partial charge in [-0.25, -0.2) is 18.5 Å². The fourth-order valence-electron chi connectivity index (χ4n) is 3.71. The molecule has 1 unspecified atom stereocenters. The number of amides is 3. The summed E-state index contributed by atoms with van der Waals surface area (Å²) in [6.45, 7) is 0. The Labute approximate surface area is 217 Å². The molecule has 3 aromatic rings. The van der Waals surface area contributed by atoms with Crippen LogP contribution in [-0.4, -0.2) is 45.6 Å². The van der Waals surface area contributed by atoms with E-state index in [4.69, 9.17) is 14.6 Å². The predicted molar refractivity (Wildman–Crippen MR) is 139 cm³/mol. The van der Waals surface area contributed by atoms with Crippen LogP contribution in [0.15, 0.2) is 76.5 Å². The number of primary sulfonamides is 1. The molecule has 1 atom stereocenters. The van der Waals surface area contributed by atoms with E-state index in [9.17, 15) is 22.8 Å². The molecule has 37 heavy (non-hydrogen) atoms. The summed E-state index contributed by atoms with van der Waals surface area (Å²) in [5.41, 5.74) is 1.22. The summed E-state index contributed by atoms with van der Waals surface area (Å²) >= 11 is 1.23. The average molecular weight is 542 g/mol. The highest BCUT2D eigenvalue weighted by Crippen LogP contribution is 2.35. The topological polar surface area (TPSA) is 145 Å². The molecule has 0 bridgehead atoms. The van der Waals surface area contributed by atoms with E-state index in [1.165, 1.54) is 50.2 Å². The second kappa shape index (κ2) is 10.6. The fraction of sp³-hybridized carbons (Fsp3) is 0.160. The van der Waals surface area contributed by atoms with Crippen molar-refractivity contribution in [2.75, 3.05) is 24.4 Å².